The van der Waals surface area contributed by atoms with Gasteiger partial charge < -0.3 is 10.6 Å². The third-order valence-electron chi connectivity index (χ3n) is 3.06. The summed E-state index contributed by atoms with van der Waals surface area (Å²) in [6.45, 7) is 1.76. The van der Waals surface area contributed by atoms with Gasteiger partial charge in [0.25, 0.3) is 0 Å². The molecule has 0 aliphatic rings. The first kappa shape index (κ1) is 17.1. The van der Waals surface area contributed by atoms with Crippen LogP contribution in [0.4, 0.5) is 24.5 Å². The molecule has 3 nitrogen and oxygen atoms in total. The normalized spacial score (nSPS) is 11.2. The van der Waals surface area contributed by atoms with Crippen LogP contribution >= 0.6 is 11.6 Å². The van der Waals surface area contributed by atoms with Gasteiger partial charge in [-0.3, -0.25) is 4.79 Å². The Morgan fingerprint density at radius 3 is 2.30 bits per heavy atom. The number of anilines is 2. The lowest BCUT2D eigenvalue weighted by Crippen LogP contribution is -2.22. The molecule has 0 bridgehead atoms. The highest BCUT2D eigenvalue weighted by atomic mass is 35.5. The number of halogens is 4. The second-order valence-corrected chi connectivity index (χ2v) is 5.37. The van der Waals surface area contributed by atoms with Crippen molar-refractivity contribution in [3.05, 3.63) is 58.6 Å². The summed E-state index contributed by atoms with van der Waals surface area (Å²) in [6.07, 6.45) is -4.54. The Balaban J connectivity index is 1.98. The van der Waals surface area contributed by atoms with Crippen molar-refractivity contribution in [1.29, 1.82) is 0 Å². The summed E-state index contributed by atoms with van der Waals surface area (Å²) in [7, 11) is 0. The van der Waals surface area contributed by atoms with Crippen molar-refractivity contribution in [2.75, 3.05) is 17.2 Å². The Morgan fingerprint density at radius 2 is 1.70 bits per heavy atom. The average Bonchev–Trinajstić information content (AvgIpc) is 2.47. The molecule has 0 radical (unpaired) electrons. The van der Waals surface area contributed by atoms with Crippen molar-refractivity contribution >= 4 is 28.9 Å². The van der Waals surface area contributed by atoms with Crippen LogP contribution in [0.25, 0.3) is 0 Å². The fourth-order valence-electron chi connectivity index (χ4n) is 1.88. The first-order valence-electron chi connectivity index (χ1n) is 6.73. The monoisotopic (exact) mass is 342 g/mol. The Hall–Kier alpha value is -2.21. The number of aryl methyl sites for hydroxylation is 1. The zero-order valence-corrected chi connectivity index (χ0v) is 12.9. The molecule has 2 aromatic rings. The number of hydrogen-bond donors (Lipinski definition) is 2. The molecule has 2 rings (SSSR count). The zero-order valence-electron chi connectivity index (χ0n) is 12.2. The van der Waals surface area contributed by atoms with E-state index in [4.69, 9.17) is 11.6 Å². The lowest BCUT2D eigenvalue weighted by Gasteiger charge is -2.12. The molecule has 0 unspecified atom stereocenters. The largest absolute Gasteiger partial charge is 0.417 e. The maximum Gasteiger partial charge on any atom is 0.417 e. The molecular formula is C16H14ClF3N2O. The molecule has 0 heterocycles. The maximum absolute atomic E-state index is 12.8. The van der Waals surface area contributed by atoms with E-state index < -0.39 is 11.7 Å². The number of carbonyl (C=O) groups excluding carboxylic acids is 1. The molecule has 2 aromatic carbocycles. The molecule has 2 N–H and O–H groups in total. The van der Waals surface area contributed by atoms with Gasteiger partial charge in [-0.05, 0) is 37.3 Å². The van der Waals surface area contributed by atoms with Gasteiger partial charge in [0, 0.05) is 11.4 Å². The first-order chi connectivity index (χ1) is 10.8. The topological polar surface area (TPSA) is 41.1 Å². The smallest absolute Gasteiger partial charge is 0.376 e. The molecule has 0 fully saturated rings. The van der Waals surface area contributed by atoms with Crippen molar-refractivity contribution in [3.63, 3.8) is 0 Å². The van der Waals surface area contributed by atoms with Crippen LogP contribution in [0.15, 0.2) is 42.5 Å². The molecule has 23 heavy (non-hydrogen) atoms. The summed E-state index contributed by atoms with van der Waals surface area (Å²) in [6, 6.07) is 10.6. The van der Waals surface area contributed by atoms with Gasteiger partial charge in [-0.25, -0.2) is 0 Å². The number of amides is 1. The highest BCUT2D eigenvalue weighted by Crippen LogP contribution is 2.36. The lowest BCUT2D eigenvalue weighted by molar-refractivity contribution is -0.137. The molecule has 0 saturated heterocycles. The van der Waals surface area contributed by atoms with Gasteiger partial charge in [0.1, 0.15) is 0 Å². The number of rotatable bonds is 4. The SMILES string of the molecule is Cc1ccc(NC(=O)CNc2ccc(Cl)c(C(F)(F)F)c2)cc1. The van der Waals surface area contributed by atoms with Gasteiger partial charge in [0.05, 0.1) is 17.1 Å². The van der Waals surface area contributed by atoms with Crippen LogP contribution in [0.1, 0.15) is 11.1 Å². The summed E-state index contributed by atoms with van der Waals surface area (Å²) in [5.74, 6) is -0.364. The average molecular weight is 343 g/mol. The van der Waals surface area contributed by atoms with Gasteiger partial charge in [-0.2, -0.15) is 13.2 Å². The number of carbonyl (C=O) groups is 1. The molecule has 0 aliphatic heterocycles. The third-order valence-corrected chi connectivity index (χ3v) is 3.39. The van der Waals surface area contributed by atoms with Gasteiger partial charge in [0.2, 0.25) is 5.91 Å². The van der Waals surface area contributed by atoms with E-state index in [0.29, 0.717) is 5.69 Å². The third kappa shape index (κ3) is 4.89. The Morgan fingerprint density at radius 1 is 1.09 bits per heavy atom. The summed E-state index contributed by atoms with van der Waals surface area (Å²) in [4.78, 5) is 11.8. The van der Waals surface area contributed by atoms with Gasteiger partial charge in [-0.1, -0.05) is 29.3 Å². The second-order valence-electron chi connectivity index (χ2n) is 4.96. The van der Waals surface area contributed by atoms with E-state index in [0.717, 1.165) is 17.7 Å². The first-order valence-corrected chi connectivity index (χ1v) is 7.10. The van der Waals surface area contributed by atoms with Crippen LogP contribution in [0, 0.1) is 6.92 Å². The van der Waals surface area contributed by atoms with E-state index in [9.17, 15) is 18.0 Å². The van der Waals surface area contributed by atoms with E-state index >= 15 is 0 Å². The zero-order chi connectivity index (χ0) is 17.0. The Labute approximate surface area is 136 Å². The van der Waals surface area contributed by atoms with Crippen molar-refractivity contribution in [2.24, 2.45) is 0 Å². The number of hydrogen-bond acceptors (Lipinski definition) is 2. The fourth-order valence-corrected chi connectivity index (χ4v) is 2.10. The Bertz CT molecular complexity index is 699. The second kappa shape index (κ2) is 6.91. The standard InChI is InChI=1S/C16H14ClF3N2O/c1-10-2-4-11(5-3-10)22-15(23)9-21-12-6-7-14(17)13(8-12)16(18,19)20/h2-8,21H,9H2,1H3,(H,22,23). The van der Waals surface area contributed by atoms with Crippen LogP contribution in [0.2, 0.25) is 5.02 Å². The maximum atomic E-state index is 12.8. The van der Waals surface area contributed by atoms with E-state index in [2.05, 4.69) is 10.6 Å². The molecule has 0 atom stereocenters. The fraction of sp³-hybridized carbons (Fsp3) is 0.188. The summed E-state index contributed by atoms with van der Waals surface area (Å²) >= 11 is 5.54. The number of benzene rings is 2. The van der Waals surface area contributed by atoms with Gasteiger partial charge >= 0.3 is 6.18 Å². The van der Waals surface area contributed by atoms with Crippen LogP contribution in [0.3, 0.4) is 0 Å². The van der Waals surface area contributed by atoms with Crippen LogP contribution < -0.4 is 10.6 Å². The number of nitrogens with one attached hydrogen (secondary N) is 2. The summed E-state index contributed by atoms with van der Waals surface area (Å²) in [5.41, 5.74) is 0.903. The van der Waals surface area contributed by atoms with Crippen molar-refractivity contribution in [1.82, 2.24) is 0 Å². The van der Waals surface area contributed by atoms with Crippen molar-refractivity contribution in [3.8, 4) is 0 Å². The molecule has 7 heteroatoms. The molecule has 1 amide bonds. The van der Waals surface area contributed by atoms with E-state index in [1.807, 2.05) is 19.1 Å². The molecule has 0 saturated carbocycles. The lowest BCUT2D eigenvalue weighted by atomic mass is 10.2. The molecule has 122 valence electrons. The van der Waals surface area contributed by atoms with Crippen molar-refractivity contribution < 1.29 is 18.0 Å². The number of alkyl halides is 3. The minimum atomic E-state index is -4.54. The van der Waals surface area contributed by atoms with Crippen LogP contribution in [-0.2, 0) is 11.0 Å². The van der Waals surface area contributed by atoms with E-state index in [1.165, 1.54) is 6.07 Å². The highest BCUT2D eigenvalue weighted by molar-refractivity contribution is 6.31. The van der Waals surface area contributed by atoms with Crippen molar-refractivity contribution in [2.45, 2.75) is 13.1 Å². The van der Waals surface area contributed by atoms with Gasteiger partial charge in [0.15, 0.2) is 0 Å². The Kier molecular flexibility index (Phi) is 5.15. The van der Waals surface area contributed by atoms with E-state index in [1.54, 1.807) is 12.1 Å². The predicted octanol–water partition coefficient (Wildman–Crippen LogP) is 4.72. The molecular weight excluding hydrogens is 329 g/mol. The summed E-state index contributed by atoms with van der Waals surface area (Å²) in [5, 5.41) is 4.91. The molecule has 0 aliphatic carbocycles. The summed E-state index contributed by atoms with van der Waals surface area (Å²) < 4.78 is 38.3. The minimum absolute atomic E-state index is 0.160. The van der Waals surface area contributed by atoms with Gasteiger partial charge in [-0.15, -0.1) is 0 Å². The quantitative estimate of drug-likeness (QED) is 0.844. The highest BCUT2D eigenvalue weighted by Gasteiger charge is 2.33. The van der Waals surface area contributed by atoms with Crippen LogP contribution in [0.5, 0.6) is 0 Å². The molecule has 0 aromatic heterocycles. The molecule has 0 spiro atoms. The minimum Gasteiger partial charge on any atom is -0.376 e. The van der Waals surface area contributed by atoms with Crippen LogP contribution in [-0.4, -0.2) is 12.5 Å². The predicted molar refractivity (Wildman–Crippen MR) is 84.8 cm³/mol. The van der Waals surface area contributed by atoms with E-state index in [-0.39, 0.29) is 23.2 Å².